The second-order valence-electron chi connectivity index (χ2n) is 4.54. The zero-order valence-electron chi connectivity index (χ0n) is 10.5. The van der Waals surface area contributed by atoms with Crippen LogP contribution in [0.3, 0.4) is 0 Å². The Balaban J connectivity index is 2.36. The van der Waals surface area contributed by atoms with Crippen LogP contribution in [-0.2, 0) is 4.74 Å². The molecule has 0 heterocycles. The first-order valence-electron chi connectivity index (χ1n) is 6.35. The fraction of sp³-hybridized carbons (Fsp3) is 0.917. The van der Waals surface area contributed by atoms with Gasteiger partial charge in [0.15, 0.2) is 5.96 Å². The first kappa shape index (κ1) is 13.3. The zero-order chi connectivity index (χ0) is 11.8. The highest BCUT2D eigenvalue weighted by molar-refractivity contribution is 5.78. The van der Waals surface area contributed by atoms with Crippen molar-refractivity contribution in [3.8, 4) is 0 Å². The maximum absolute atomic E-state index is 5.90. The Kier molecular flexibility index (Phi) is 6.23. The predicted molar refractivity (Wildman–Crippen MR) is 67.6 cm³/mol. The molecular weight excluding hydrogens is 202 g/mol. The Labute approximate surface area is 98.6 Å². The third-order valence-electron chi connectivity index (χ3n) is 3.00. The molecule has 3 N–H and O–H groups in total. The van der Waals surface area contributed by atoms with Gasteiger partial charge in [0, 0.05) is 7.11 Å². The van der Waals surface area contributed by atoms with Gasteiger partial charge in [0.1, 0.15) is 0 Å². The molecule has 1 aliphatic rings. The quantitative estimate of drug-likeness (QED) is 0.536. The molecule has 0 spiro atoms. The molecule has 0 bridgehead atoms. The minimum Gasteiger partial charge on any atom is -0.383 e. The van der Waals surface area contributed by atoms with Crippen molar-refractivity contribution in [2.45, 2.75) is 57.5 Å². The molecule has 0 radical (unpaired) electrons. The summed E-state index contributed by atoms with van der Waals surface area (Å²) in [5.74, 6) is 0.586. The van der Waals surface area contributed by atoms with Crippen LogP contribution in [-0.4, -0.2) is 31.8 Å². The molecule has 4 heteroatoms. The largest absolute Gasteiger partial charge is 0.383 e. The van der Waals surface area contributed by atoms with Crippen LogP contribution in [0.4, 0.5) is 0 Å². The number of methoxy groups -OCH3 is 1. The lowest BCUT2D eigenvalue weighted by molar-refractivity contribution is 0.169. The third-order valence-corrected chi connectivity index (χ3v) is 3.00. The Morgan fingerprint density at radius 3 is 2.75 bits per heavy atom. The molecule has 0 saturated heterocycles. The molecular formula is C12H25N3O. The molecule has 0 aromatic rings. The van der Waals surface area contributed by atoms with Crippen LogP contribution >= 0.6 is 0 Å². The molecule has 0 amide bonds. The minimum atomic E-state index is 0.292. The van der Waals surface area contributed by atoms with Crippen LogP contribution < -0.4 is 11.1 Å². The van der Waals surface area contributed by atoms with E-state index in [4.69, 9.17) is 10.5 Å². The van der Waals surface area contributed by atoms with E-state index in [9.17, 15) is 0 Å². The number of ether oxygens (including phenoxy) is 1. The van der Waals surface area contributed by atoms with Gasteiger partial charge in [-0.3, -0.25) is 4.99 Å². The maximum atomic E-state index is 5.90. The standard InChI is InChI=1S/C12H25N3O/c1-3-6-11(9-16-2)15-12(13)14-10-7-4-5-8-10/h10-11H,3-9H2,1-2H3,(H3,13,14,15). The summed E-state index contributed by atoms with van der Waals surface area (Å²) in [4.78, 5) is 4.51. The number of nitrogens with zero attached hydrogens (tertiary/aromatic N) is 1. The molecule has 0 aliphatic heterocycles. The van der Waals surface area contributed by atoms with Crippen LogP contribution in [0, 0.1) is 0 Å². The van der Waals surface area contributed by atoms with Crippen molar-refractivity contribution >= 4 is 5.96 Å². The Morgan fingerprint density at radius 1 is 1.50 bits per heavy atom. The van der Waals surface area contributed by atoms with Crippen molar-refractivity contribution < 1.29 is 4.74 Å². The van der Waals surface area contributed by atoms with Crippen molar-refractivity contribution in [1.82, 2.24) is 5.32 Å². The summed E-state index contributed by atoms with van der Waals surface area (Å²) in [6.45, 7) is 2.85. The SMILES string of the molecule is CCCC(COC)NC(N)=NC1CCCC1. The van der Waals surface area contributed by atoms with E-state index < -0.39 is 0 Å². The monoisotopic (exact) mass is 227 g/mol. The number of guanidine groups is 1. The topological polar surface area (TPSA) is 59.6 Å². The number of aliphatic imine (C=N–C) groups is 1. The van der Waals surface area contributed by atoms with E-state index in [1.54, 1.807) is 7.11 Å². The molecule has 94 valence electrons. The van der Waals surface area contributed by atoms with Crippen LogP contribution in [0.25, 0.3) is 0 Å². The van der Waals surface area contributed by atoms with Crippen molar-refractivity contribution in [1.29, 1.82) is 0 Å². The average Bonchev–Trinajstić information content (AvgIpc) is 2.71. The van der Waals surface area contributed by atoms with Gasteiger partial charge in [-0.15, -0.1) is 0 Å². The van der Waals surface area contributed by atoms with Crippen LogP contribution in [0.15, 0.2) is 4.99 Å². The summed E-state index contributed by atoms with van der Waals surface area (Å²) in [6, 6.07) is 0.734. The lowest BCUT2D eigenvalue weighted by Gasteiger charge is -2.18. The highest BCUT2D eigenvalue weighted by Crippen LogP contribution is 2.20. The lowest BCUT2D eigenvalue weighted by atomic mass is 10.2. The van der Waals surface area contributed by atoms with Crippen LogP contribution in [0.5, 0.6) is 0 Å². The highest BCUT2D eigenvalue weighted by atomic mass is 16.5. The predicted octanol–water partition coefficient (Wildman–Crippen LogP) is 1.65. The molecule has 1 unspecified atom stereocenters. The van der Waals surface area contributed by atoms with Crippen LogP contribution in [0.1, 0.15) is 45.4 Å². The van der Waals surface area contributed by atoms with Gasteiger partial charge in [0.2, 0.25) is 0 Å². The Bertz CT molecular complexity index is 206. The normalized spacial score (nSPS) is 20.0. The van der Waals surface area contributed by atoms with Gasteiger partial charge in [-0.1, -0.05) is 26.2 Å². The van der Waals surface area contributed by atoms with Crippen LogP contribution in [0.2, 0.25) is 0 Å². The van der Waals surface area contributed by atoms with Gasteiger partial charge in [0.25, 0.3) is 0 Å². The number of hydrogen-bond acceptors (Lipinski definition) is 2. The molecule has 1 rings (SSSR count). The van der Waals surface area contributed by atoms with Gasteiger partial charge < -0.3 is 15.8 Å². The number of nitrogens with one attached hydrogen (secondary N) is 1. The van der Waals surface area contributed by atoms with Gasteiger partial charge in [-0.05, 0) is 19.3 Å². The fourth-order valence-corrected chi connectivity index (χ4v) is 2.22. The third kappa shape index (κ3) is 4.84. The minimum absolute atomic E-state index is 0.292. The number of nitrogens with two attached hydrogens (primary N) is 1. The van der Waals surface area contributed by atoms with Crippen molar-refractivity contribution in [2.24, 2.45) is 10.7 Å². The molecule has 1 aliphatic carbocycles. The Morgan fingerprint density at radius 2 is 2.19 bits per heavy atom. The first-order valence-corrected chi connectivity index (χ1v) is 6.35. The summed E-state index contributed by atoms with van der Waals surface area (Å²) in [5, 5.41) is 3.25. The van der Waals surface area contributed by atoms with Gasteiger partial charge in [-0.2, -0.15) is 0 Å². The smallest absolute Gasteiger partial charge is 0.189 e. The van der Waals surface area contributed by atoms with Gasteiger partial charge in [-0.25, -0.2) is 0 Å². The summed E-state index contributed by atoms with van der Waals surface area (Å²) in [7, 11) is 1.72. The summed E-state index contributed by atoms with van der Waals surface area (Å²) < 4.78 is 5.15. The van der Waals surface area contributed by atoms with E-state index in [0.29, 0.717) is 24.7 Å². The lowest BCUT2D eigenvalue weighted by Crippen LogP contribution is -2.43. The summed E-state index contributed by atoms with van der Waals surface area (Å²) >= 11 is 0. The maximum Gasteiger partial charge on any atom is 0.189 e. The molecule has 4 nitrogen and oxygen atoms in total. The summed E-state index contributed by atoms with van der Waals surface area (Å²) in [5.41, 5.74) is 5.90. The van der Waals surface area contributed by atoms with Crippen molar-refractivity contribution in [3.63, 3.8) is 0 Å². The Hall–Kier alpha value is -0.770. The van der Waals surface area contributed by atoms with E-state index in [2.05, 4.69) is 17.2 Å². The van der Waals surface area contributed by atoms with Gasteiger partial charge >= 0.3 is 0 Å². The average molecular weight is 227 g/mol. The van der Waals surface area contributed by atoms with Crippen molar-refractivity contribution in [3.05, 3.63) is 0 Å². The first-order chi connectivity index (χ1) is 7.76. The number of rotatable bonds is 6. The highest BCUT2D eigenvalue weighted by Gasteiger charge is 2.15. The molecule has 16 heavy (non-hydrogen) atoms. The van der Waals surface area contributed by atoms with E-state index >= 15 is 0 Å². The molecule has 0 aromatic carbocycles. The van der Waals surface area contributed by atoms with Gasteiger partial charge in [0.05, 0.1) is 18.7 Å². The molecule has 0 aromatic heterocycles. The second kappa shape index (κ2) is 7.49. The fourth-order valence-electron chi connectivity index (χ4n) is 2.22. The molecule has 1 saturated carbocycles. The molecule has 1 atom stereocenters. The van der Waals surface area contributed by atoms with E-state index in [0.717, 1.165) is 12.8 Å². The van der Waals surface area contributed by atoms with E-state index in [1.807, 2.05) is 0 Å². The van der Waals surface area contributed by atoms with E-state index in [-0.39, 0.29) is 0 Å². The zero-order valence-corrected chi connectivity index (χ0v) is 10.5. The summed E-state index contributed by atoms with van der Waals surface area (Å²) in [6.07, 6.45) is 7.14. The van der Waals surface area contributed by atoms with E-state index in [1.165, 1.54) is 25.7 Å². The van der Waals surface area contributed by atoms with Crippen molar-refractivity contribution in [2.75, 3.05) is 13.7 Å². The number of hydrogen-bond donors (Lipinski definition) is 2. The second-order valence-corrected chi connectivity index (χ2v) is 4.54. The molecule has 1 fully saturated rings.